The van der Waals surface area contributed by atoms with Crippen molar-refractivity contribution in [1.29, 1.82) is 0 Å². The van der Waals surface area contributed by atoms with Gasteiger partial charge in [-0.25, -0.2) is 4.79 Å². The van der Waals surface area contributed by atoms with Crippen LogP contribution in [0.2, 0.25) is 5.02 Å². The first-order valence-electron chi connectivity index (χ1n) is 11.6. The molecular formula is C26H33ClN2O4. The summed E-state index contributed by atoms with van der Waals surface area (Å²) >= 11 is 6.36. The zero-order valence-corrected chi connectivity index (χ0v) is 20.9. The molecule has 1 aromatic heterocycles. The number of hydrogen-bond donors (Lipinski definition) is 0. The van der Waals surface area contributed by atoms with Crippen LogP contribution in [-0.4, -0.2) is 45.8 Å². The fourth-order valence-electron chi connectivity index (χ4n) is 4.96. The van der Waals surface area contributed by atoms with Gasteiger partial charge in [0.2, 0.25) is 0 Å². The number of ketones is 1. The lowest BCUT2D eigenvalue weighted by Crippen LogP contribution is -2.50. The molecule has 1 aliphatic carbocycles. The molecule has 0 N–H and O–H groups in total. The summed E-state index contributed by atoms with van der Waals surface area (Å²) in [4.78, 5) is 41.8. The van der Waals surface area contributed by atoms with E-state index in [0.29, 0.717) is 33.1 Å². The molecule has 6 nitrogen and oxygen atoms in total. The number of hydrogen-bond acceptors (Lipinski definition) is 4. The Labute approximate surface area is 200 Å². The topological polar surface area (TPSA) is 68.6 Å². The lowest BCUT2D eigenvalue weighted by molar-refractivity contribution is 0.0485. The Morgan fingerprint density at radius 2 is 1.79 bits per heavy atom. The molecule has 0 saturated heterocycles. The van der Waals surface area contributed by atoms with Crippen molar-refractivity contribution in [3.8, 4) is 0 Å². The van der Waals surface area contributed by atoms with Crippen LogP contribution in [0.1, 0.15) is 88.4 Å². The number of ether oxygens (including phenoxy) is 1. The number of aromatic nitrogens is 1. The predicted octanol–water partition coefficient (Wildman–Crippen LogP) is 5.52. The minimum absolute atomic E-state index is 0.0321. The Kier molecular flexibility index (Phi) is 8.01. The molecule has 1 amide bonds. The molecule has 1 saturated carbocycles. The number of carbonyl (C=O) groups is 3. The maximum atomic E-state index is 13.8. The summed E-state index contributed by atoms with van der Waals surface area (Å²) in [6.45, 7) is 7.36. The van der Waals surface area contributed by atoms with Gasteiger partial charge in [-0.05, 0) is 58.2 Å². The van der Waals surface area contributed by atoms with Gasteiger partial charge in [-0.1, -0.05) is 43.0 Å². The number of amides is 1. The molecular weight excluding hydrogens is 440 g/mol. The summed E-state index contributed by atoms with van der Waals surface area (Å²) in [5, 5.41) is 0.375. The fraction of sp³-hybridized carbons (Fsp3) is 0.500. The summed E-state index contributed by atoms with van der Waals surface area (Å²) in [6, 6.07) is 6.23. The van der Waals surface area contributed by atoms with Crippen molar-refractivity contribution in [3.63, 3.8) is 0 Å². The number of halogens is 1. The number of carbonyl (C=O) groups excluding carboxylic acids is 3. The van der Waals surface area contributed by atoms with E-state index in [1.54, 1.807) is 61.6 Å². The van der Waals surface area contributed by atoms with Gasteiger partial charge in [0.15, 0.2) is 5.78 Å². The van der Waals surface area contributed by atoms with Crippen LogP contribution in [0.15, 0.2) is 24.3 Å². The Balaban J connectivity index is 2.03. The SMILES string of the molecule is CCOC(=O)c1c(C)c(C(=O)C(C)N(C(=O)c2ccccc2Cl)C2CCCCC2)c(C)n1C. The lowest BCUT2D eigenvalue weighted by Gasteiger charge is -2.38. The Hall–Kier alpha value is -2.60. The molecule has 0 aliphatic heterocycles. The standard InChI is InChI=1S/C26H33ClN2O4/c1-6-33-26(32)23-16(2)22(17(3)28(23)5)24(30)18(4)29(19-12-8-7-9-13-19)25(31)20-14-10-11-15-21(20)27/h10-11,14-15,18-19H,6-9,12-13H2,1-5H3. The fourth-order valence-corrected chi connectivity index (χ4v) is 5.17. The molecule has 0 spiro atoms. The highest BCUT2D eigenvalue weighted by molar-refractivity contribution is 6.33. The van der Waals surface area contributed by atoms with Gasteiger partial charge in [0, 0.05) is 24.3 Å². The van der Waals surface area contributed by atoms with E-state index in [0.717, 1.165) is 32.1 Å². The van der Waals surface area contributed by atoms with Crippen molar-refractivity contribution in [2.45, 2.75) is 71.9 Å². The quantitative estimate of drug-likeness (QED) is 0.393. The lowest BCUT2D eigenvalue weighted by atomic mass is 9.90. The van der Waals surface area contributed by atoms with Crippen molar-refractivity contribution in [3.05, 3.63) is 57.4 Å². The van der Waals surface area contributed by atoms with Crippen LogP contribution in [0.4, 0.5) is 0 Å². The average molecular weight is 473 g/mol. The van der Waals surface area contributed by atoms with Gasteiger partial charge in [0.25, 0.3) is 5.91 Å². The summed E-state index contributed by atoms with van der Waals surface area (Å²) < 4.78 is 6.90. The van der Waals surface area contributed by atoms with Crippen LogP contribution >= 0.6 is 11.6 Å². The molecule has 0 bridgehead atoms. The molecule has 1 atom stereocenters. The van der Waals surface area contributed by atoms with E-state index in [4.69, 9.17) is 16.3 Å². The zero-order valence-electron chi connectivity index (χ0n) is 20.1. The van der Waals surface area contributed by atoms with Gasteiger partial charge in [0.05, 0.1) is 23.2 Å². The largest absolute Gasteiger partial charge is 0.461 e. The summed E-state index contributed by atoms with van der Waals surface area (Å²) in [7, 11) is 1.75. The van der Waals surface area contributed by atoms with E-state index in [9.17, 15) is 14.4 Å². The highest BCUT2D eigenvalue weighted by Gasteiger charge is 2.37. The summed E-state index contributed by atoms with van der Waals surface area (Å²) in [5.74, 6) is -0.865. The van der Waals surface area contributed by atoms with Gasteiger partial charge < -0.3 is 14.2 Å². The van der Waals surface area contributed by atoms with Gasteiger partial charge in [-0.3, -0.25) is 9.59 Å². The Morgan fingerprint density at radius 3 is 2.39 bits per heavy atom. The highest BCUT2D eigenvalue weighted by atomic mass is 35.5. The second-order valence-corrected chi connectivity index (χ2v) is 9.15. The van der Waals surface area contributed by atoms with Crippen molar-refractivity contribution in [1.82, 2.24) is 9.47 Å². The normalized spacial score (nSPS) is 15.2. The second kappa shape index (κ2) is 10.6. The van der Waals surface area contributed by atoms with Crippen molar-refractivity contribution < 1.29 is 19.1 Å². The van der Waals surface area contributed by atoms with Gasteiger partial charge >= 0.3 is 5.97 Å². The molecule has 7 heteroatoms. The molecule has 1 heterocycles. The van der Waals surface area contributed by atoms with Crippen LogP contribution < -0.4 is 0 Å². The van der Waals surface area contributed by atoms with E-state index in [1.165, 1.54) is 0 Å². The second-order valence-electron chi connectivity index (χ2n) is 8.74. The molecule has 0 radical (unpaired) electrons. The van der Waals surface area contributed by atoms with E-state index in [1.807, 2.05) is 6.92 Å². The van der Waals surface area contributed by atoms with E-state index in [2.05, 4.69) is 0 Å². The molecule has 1 unspecified atom stereocenters. The first kappa shape index (κ1) is 25.0. The minimum atomic E-state index is -0.702. The maximum Gasteiger partial charge on any atom is 0.355 e. The average Bonchev–Trinajstić information content (AvgIpc) is 3.02. The predicted molar refractivity (Wildman–Crippen MR) is 129 cm³/mol. The third-order valence-electron chi connectivity index (χ3n) is 6.75. The monoisotopic (exact) mass is 472 g/mol. The van der Waals surface area contributed by atoms with Crippen LogP contribution in [0.25, 0.3) is 0 Å². The van der Waals surface area contributed by atoms with Crippen molar-refractivity contribution in [2.75, 3.05) is 6.61 Å². The number of rotatable bonds is 7. The minimum Gasteiger partial charge on any atom is -0.461 e. The van der Waals surface area contributed by atoms with Crippen LogP contribution in [0.3, 0.4) is 0 Å². The van der Waals surface area contributed by atoms with Crippen LogP contribution in [0, 0.1) is 13.8 Å². The van der Waals surface area contributed by atoms with Gasteiger partial charge in [-0.15, -0.1) is 0 Å². The third-order valence-corrected chi connectivity index (χ3v) is 7.08. The Bertz CT molecular complexity index is 1050. The molecule has 178 valence electrons. The molecule has 3 rings (SSSR count). The number of benzene rings is 1. The first-order valence-corrected chi connectivity index (χ1v) is 12.0. The summed E-state index contributed by atoms with van der Waals surface area (Å²) in [6.07, 6.45) is 4.89. The van der Waals surface area contributed by atoms with E-state index >= 15 is 0 Å². The highest BCUT2D eigenvalue weighted by Crippen LogP contribution is 2.31. The third kappa shape index (κ3) is 4.86. The number of Topliss-reactive ketones (excluding diaryl/α,β-unsaturated/α-hetero) is 1. The molecule has 2 aromatic rings. The smallest absolute Gasteiger partial charge is 0.355 e. The van der Waals surface area contributed by atoms with Gasteiger partial charge in [0.1, 0.15) is 5.69 Å². The van der Waals surface area contributed by atoms with Crippen molar-refractivity contribution >= 4 is 29.3 Å². The van der Waals surface area contributed by atoms with Crippen molar-refractivity contribution in [2.24, 2.45) is 7.05 Å². The molecule has 1 fully saturated rings. The van der Waals surface area contributed by atoms with E-state index in [-0.39, 0.29) is 24.3 Å². The number of esters is 1. The molecule has 33 heavy (non-hydrogen) atoms. The Morgan fingerprint density at radius 1 is 1.15 bits per heavy atom. The van der Waals surface area contributed by atoms with Gasteiger partial charge in [-0.2, -0.15) is 0 Å². The first-order chi connectivity index (χ1) is 15.7. The summed E-state index contributed by atoms with van der Waals surface area (Å²) in [5.41, 5.74) is 2.51. The van der Waals surface area contributed by atoms with E-state index < -0.39 is 12.0 Å². The number of nitrogens with zero attached hydrogens (tertiary/aromatic N) is 2. The van der Waals surface area contributed by atoms with Crippen LogP contribution in [0.5, 0.6) is 0 Å². The molecule has 1 aromatic carbocycles. The zero-order chi connectivity index (χ0) is 24.3. The maximum absolute atomic E-state index is 13.8. The van der Waals surface area contributed by atoms with Crippen LogP contribution in [-0.2, 0) is 11.8 Å². The molecule has 1 aliphatic rings.